The Balaban J connectivity index is 1.94. The van der Waals surface area contributed by atoms with E-state index in [4.69, 9.17) is 13.9 Å². The molecule has 4 nitrogen and oxygen atoms in total. The van der Waals surface area contributed by atoms with E-state index in [1.807, 2.05) is 20.1 Å². The smallest absolute Gasteiger partial charge is 0.192 e. The summed E-state index contributed by atoms with van der Waals surface area (Å²) >= 11 is 0. The van der Waals surface area contributed by atoms with Crippen LogP contribution < -0.4 is 0 Å². The van der Waals surface area contributed by atoms with Crippen molar-refractivity contribution in [3.05, 3.63) is 0 Å². The van der Waals surface area contributed by atoms with Crippen molar-refractivity contribution in [1.82, 2.24) is 0 Å². The molecule has 0 aromatic heterocycles. The van der Waals surface area contributed by atoms with Crippen molar-refractivity contribution in [3.8, 4) is 0 Å². The van der Waals surface area contributed by atoms with Gasteiger partial charge in [0, 0.05) is 6.21 Å². The van der Waals surface area contributed by atoms with Gasteiger partial charge in [-0.25, -0.2) is 0 Å². The maximum atomic E-state index is 6.24. The Morgan fingerprint density at radius 1 is 1.26 bits per heavy atom. The van der Waals surface area contributed by atoms with Crippen LogP contribution in [0.2, 0.25) is 18.1 Å². The second-order valence-electron chi connectivity index (χ2n) is 7.50. The molecule has 2 heterocycles. The zero-order valence-corrected chi connectivity index (χ0v) is 14.2. The normalized spacial score (nSPS) is 33.7. The highest BCUT2D eigenvalue weighted by Gasteiger charge is 2.48. The van der Waals surface area contributed by atoms with Crippen molar-refractivity contribution in [2.75, 3.05) is 6.61 Å². The molecule has 0 radical (unpaired) electrons. The van der Waals surface area contributed by atoms with Gasteiger partial charge in [-0.3, -0.25) is 4.99 Å². The molecule has 0 aromatic rings. The van der Waals surface area contributed by atoms with E-state index in [-0.39, 0.29) is 23.3 Å². The molecule has 19 heavy (non-hydrogen) atoms. The summed E-state index contributed by atoms with van der Waals surface area (Å²) in [6.45, 7) is 15.8. The zero-order valence-electron chi connectivity index (χ0n) is 13.2. The SMILES string of the molecule is CC1(C)OC2C=N[C@H](CO[Si](C)(C)C(C)(C)C)[C@@H]2O1. The van der Waals surface area contributed by atoms with Gasteiger partial charge < -0.3 is 13.9 Å². The summed E-state index contributed by atoms with van der Waals surface area (Å²) in [4.78, 5) is 4.49. The van der Waals surface area contributed by atoms with Gasteiger partial charge in [-0.1, -0.05) is 20.8 Å². The van der Waals surface area contributed by atoms with E-state index in [0.717, 1.165) is 0 Å². The summed E-state index contributed by atoms with van der Waals surface area (Å²) < 4.78 is 18.0. The lowest BCUT2D eigenvalue weighted by atomic mass is 10.1. The van der Waals surface area contributed by atoms with Gasteiger partial charge in [0.1, 0.15) is 18.2 Å². The third kappa shape index (κ3) is 3.10. The molecule has 110 valence electrons. The standard InChI is InChI=1S/C14H27NO3Si/c1-13(2,3)19(6,7)16-9-10-12-11(8-15-10)17-14(4,5)18-12/h8,10-12H,9H2,1-7H3/t10-,11?,12+/m1/s1. The van der Waals surface area contributed by atoms with Gasteiger partial charge in [-0.15, -0.1) is 0 Å². The average molecular weight is 285 g/mol. The van der Waals surface area contributed by atoms with Gasteiger partial charge >= 0.3 is 0 Å². The van der Waals surface area contributed by atoms with Crippen LogP contribution in [0.5, 0.6) is 0 Å². The van der Waals surface area contributed by atoms with Crippen LogP contribution in [0.4, 0.5) is 0 Å². The first-order chi connectivity index (χ1) is 8.52. The Morgan fingerprint density at radius 3 is 2.47 bits per heavy atom. The number of hydrogen-bond donors (Lipinski definition) is 0. The number of rotatable bonds is 3. The van der Waals surface area contributed by atoms with E-state index in [1.165, 1.54) is 0 Å². The first-order valence-electron chi connectivity index (χ1n) is 7.05. The van der Waals surface area contributed by atoms with Crippen molar-refractivity contribution in [2.24, 2.45) is 4.99 Å². The second kappa shape index (κ2) is 4.65. The fourth-order valence-electron chi connectivity index (χ4n) is 2.16. The molecule has 3 atom stereocenters. The molecule has 1 fully saturated rings. The molecule has 2 aliphatic heterocycles. The van der Waals surface area contributed by atoms with Crippen LogP contribution >= 0.6 is 0 Å². The molecular formula is C14H27NO3Si. The maximum absolute atomic E-state index is 6.24. The molecule has 1 saturated heterocycles. The van der Waals surface area contributed by atoms with Gasteiger partial charge in [0.25, 0.3) is 0 Å². The molecule has 5 heteroatoms. The highest BCUT2D eigenvalue weighted by atomic mass is 28.4. The van der Waals surface area contributed by atoms with Gasteiger partial charge in [-0.05, 0) is 32.0 Å². The highest BCUT2D eigenvalue weighted by molar-refractivity contribution is 6.74. The fourth-order valence-corrected chi connectivity index (χ4v) is 3.18. The minimum absolute atomic E-state index is 0.0111. The largest absolute Gasteiger partial charge is 0.415 e. The van der Waals surface area contributed by atoms with Gasteiger partial charge in [0.2, 0.25) is 0 Å². The number of ether oxygens (including phenoxy) is 2. The number of fused-ring (bicyclic) bond motifs is 1. The average Bonchev–Trinajstić information content (AvgIpc) is 2.68. The summed E-state index contributed by atoms with van der Waals surface area (Å²) in [5, 5.41) is 0.223. The van der Waals surface area contributed by atoms with Gasteiger partial charge in [0.05, 0.1) is 6.61 Å². The number of nitrogens with zero attached hydrogens (tertiary/aromatic N) is 1. The number of hydrogen-bond acceptors (Lipinski definition) is 4. The van der Waals surface area contributed by atoms with E-state index in [2.05, 4.69) is 38.9 Å². The van der Waals surface area contributed by atoms with E-state index in [1.54, 1.807) is 0 Å². The highest BCUT2D eigenvalue weighted by Crippen LogP contribution is 2.38. The molecule has 1 unspecified atom stereocenters. The van der Waals surface area contributed by atoms with Crippen LogP contribution in [0.1, 0.15) is 34.6 Å². The third-order valence-corrected chi connectivity index (χ3v) is 8.89. The van der Waals surface area contributed by atoms with Gasteiger partial charge in [-0.2, -0.15) is 0 Å². The quantitative estimate of drug-likeness (QED) is 0.748. The van der Waals surface area contributed by atoms with Crippen molar-refractivity contribution in [3.63, 3.8) is 0 Å². The number of aliphatic imine (C=N–C) groups is 1. The zero-order chi connectivity index (χ0) is 14.5. The predicted octanol–water partition coefficient (Wildman–Crippen LogP) is 2.98. The Kier molecular flexibility index (Phi) is 3.71. The Hall–Kier alpha value is -0.233. The summed E-state index contributed by atoms with van der Waals surface area (Å²) in [6, 6.07) is 0.0703. The minimum Gasteiger partial charge on any atom is -0.415 e. The van der Waals surface area contributed by atoms with Crippen LogP contribution in [-0.4, -0.2) is 45.2 Å². The molecule has 0 saturated carbocycles. The van der Waals surface area contributed by atoms with E-state index in [9.17, 15) is 0 Å². The van der Waals surface area contributed by atoms with E-state index >= 15 is 0 Å². The first kappa shape index (κ1) is 15.2. The first-order valence-corrected chi connectivity index (χ1v) is 9.96. The molecule has 0 spiro atoms. The summed E-state index contributed by atoms with van der Waals surface area (Å²) in [7, 11) is -1.72. The van der Waals surface area contributed by atoms with Crippen LogP contribution in [0.25, 0.3) is 0 Å². The van der Waals surface area contributed by atoms with Crippen molar-refractivity contribution < 1.29 is 13.9 Å². The molecule has 0 amide bonds. The van der Waals surface area contributed by atoms with Gasteiger partial charge in [0.15, 0.2) is 14.1 Å². The predicted molar refractivity (Wildman–Crippen MR) is 79.3 cm³/mol. The van der Waals surface area contributed by atoms with Crippen LogP contribution in [0.3, 0.4) is 0 Å². The topological polar surface area (TPSA) is 40.0 Å². The maximum Gasteiger partial charge on any atom is 0.192 e. The van der Waals surface area contributed by atoms with Crippen LogP contribution in [-0.2, 0) is 13.9 Å². The van der Waals surface area contributed by atoms with E-state index in [0.29, 0.717) is 6.61 Å². The molecule has 0 N–H and O–H groups in total. The molecule has 0 aliphatic carbocycles. The monoisotopic (exact) mass is 285 g/mol. The minimum atomic E-state index is -1.72. The third-order valence-electron chi connectivity index (χ3n) is 4.39. The summed E-state index contributed by atoms with van der Waals surface area (Å²) in [5.74, 6) is -0.503. The second-order valence-corrected chi connectivity index (χ2v) is 12.3. The molecule has 0 aromatic carbocycles. The van der Waals surface area contributed by atoms with Crippen molar-refractivity contribution in [1.29, 1.82) is 0 Å². The van der Waals surface area contributed by atoms with Crippen molar-refractivity contribution >= 4 is 14.5 Å². The molecule has 2 rings (SSSR count). The lowest BCUT2D eigenvalue weighted by molar-refractivity contribution is -0.145. The molecule has 2 aliphatic rings. The Bertz CT molecular complexity index is 373. The van der Waals surface area contributed by atoms with Crippen LogP contribution in [0, 0.1) is 0 Å². The Morgan fingerprint density at radius 2 is 1.89 bits per heavy atom. The van der Waals surface area contributed by atoms with Crippen molar-refractivity contribution in [2.45, 2.75) is 76.8 Å². The van der Waals surface area contributed by atoms with E-state index < -0.39 is 14.1 Å². The lowest BCUT2D eigenvalue weighted by Crippen LogP contribution is -2.44. The summed E-state index contributed by atoms with van der Waals surface area (Å²) in [5.41, 5.74) is 0. The summed E-state index contributed by atoms with van der Waals surface area (Å²) in [6.07, 6.45) is 1.88. The van der Waals surface area contributed by atoms with Crippen LogP contribution in [0.15, 0.2) is 4.99 Å². The Labute approximate surface area is 117 Å². The fraction of sp³-hybridized carbons (Fsp3) is 0.929. The lowest BCUT2D eigenvalue weighted by Gasteiger charge is -2.37. The molecular weight excluding hydrogens is 258 g/mol. The molecule has 0 bridgehead atoms.